The van der Waals surface area contributed by atoms with Gasteiger partial charge in [-0.05, 0) is 11.6 Å². The smallest absolute Gasteiger partial charge is 0.262 e. The molecule has 2 aromatic heterocycles. The first-order chi connectivity index (χ1) is 6.70. The lowest BCUT2D eigenvalue weighted by molar-refractivity contribution is 0.432. The van der Waals surface area contributed by atoms with Crippen molar-refractivity contribution in [2.75, 3.05) is 5.73 Å². The van der Waals surface area contributed by atoms with Crippen molar-refractivity contribution in [2.24, 2.45) is 7.05 Å². The molecule has 2 heterocycles. The Kier molecular flexibility index (Phi) is 1.95. The van der Waals surface area contributed by atoms with Gasteiger partial charge in [0.2, 0.25) is 0 Å². The fourth-order valence-electron chi connectivity index (χ4n) is 1.32. The Morgan fingerprint density at radius 3 is 2.93 bits per heavy atom. The van der Waals surface area contributed by atoms with Gasteiger partial charge in [-0.25, -0.2) is 0 Å². The van der Waals surface area contributed by atoms with E-state index in [-0.39, 0.29) is 5.95 Å². The quantitative estimate of drug-likeness (QED) is 0.755. The van der Waals surface area contributed by atoms with Gasteiger partial charge in [0, 0.05) is 13.2 Å². The zero-order chi connectivity index (χ0) is 10.1. The van der Waals surface area contributed by atoms with E-state index in [2.05, 4.69) is 15.2 Å². The second-order valence-electron chi connectivity index (χ2n) is 2.97. The van der Waals surface area contributed by atoms with Crippen LogP contribution in [0.25, 0.3) is 11.5 Å². The fourth-order valence-corrected chi connectivity index (χ4v) is 1.32. The van der Waals surface area contributed by atoms with Crippen molar-refractivity contribution in [3.63, 3.8) is 0 Å². The molecule has 0 radical (unpaired) electrons. The van der Waals surface area contributed by atoms with Crippen LogP contribution in [0.1, 0.15) is 12.6 Å². The first kappa shape index (κ1) is 8.74. The van der Waals surface area contributed by atoms with Gasteiger partial charge in [0.25, 0.3) is 11.8 Å². The number of anilines is 1. The zero-order valence-electron chi connectivity index (χ0n) is 8.06. The van der Waals surface area contributed by atoms with Crippen molar-refractivity contribution in [1.82, 2.24) is 19.9 Å². The second kappa shape index (κ2) is 3.13. The van der Waals surface area contributed by atoms with Crippen molar-refractivity contribution in [1.29, 1.82) is 0 Å². The van der Waals surface area contributed by atoms with E-state index in [0.717, 1.165) is 17.7 Å². The van der Waals surface area contributed by atoms with E-state index >= 15 is 0 Å². The van der Waals surface area contributed by atoms with E-state index in [0.29, 0.717) is 5.89 Å². The summed E-state index contributed by atoms with van der Waals surface area (Å²) in [6.45, 7) is 2.02. The lowest BCUT2D eigenvalue weighted by Gasteiger charge is -1.90. The predicted molar refractivity (Wildman–Crippen MR) is 50.3 cm³/mol. The minimum Gasteiger partial charge on any atom is -0.365 e. The molecule has 0 saturated heterocycles. The van der Waals surface area contributed by atoms with Crippen molar-refractivity contribution in [2.45, 2.75) is 13.3 Å². The van der Waals surface area contributed by atoms with Gasteiger partial charge in [0.1, 0.15) is 0 Å². The SMILES string of the molecule is CCc1nn(C)cc1-c1nc(N)no1. The van der Waals surface area contributed by atoms with Crippen LogP contribution in [0.3, 0.4) is 0 Å². The molecule has 0 aliphatic heterocycles. The lowest BCUT2D eigenvalue weighted by Crippen LogP contribution is -1.89. The molecule has 2 N–H and O–H groups in total. The minimum atomic E-state index is 0.144. The largest absolute Gasteiger partial charge is 0.365 e. The summed E-state index contributed by atoms with van der Waals surface area (Å²) < 4.78 is 6.68. The van der Waals surface area contributed by atoms with Gasteiger partial charge in [-0.2, -0.15) is 10.1 Å². The van der Waals surface area contributed by atoms with Gasteiger partial charge in [-0.3, -0.25) is 4.68 Å². The topological polar surface area (TPSA) is 82.8 Å². The summed E-state index contributed by atoms with van der Waals surface area (Å²) in [5.74, 6) is 0.568. The maximum absolute atomic E-state index is 5.37. The highest BCUT2D eigenvalue weighted by Crippen LogP contribution is 2.21. The van der Waals surface area contributed by atoms with E-state index < -0.39 is 0 Å². The fraction of sp³-hybridized carbons (Fsp3) is 0.375. The summed E-state index contributed by atoms with van der Waals surface area (Å²) in [4.78, 5) is 3.95. The molecule has 6 nitrogen and oxygen atoms in total. The number of aromatic nitrogens is 4. The average molecular weight is 193 g/mol. The standard InChI is InChI=1S/C8H11N5O/c1-3-6-5(4-13(2)11-6)7-10-8(9)12-14-7/h4H,3H2,1-2H3,(H2,9,12). The van der Waals surface area contributed by atoms with E-state index in [9.17, 15) is 0 Å². The third-order valence-corrected chi connectivity index (χ3v) is 1.91. The third kappa shape index (κ3) is 1.34. The van der Waals surface area contributed by atoms with Gasteiger partial charge in [-0.1, -0.05) is 6.92 Å². The number of hydrogen-bond donors (Lipinski definition) is 1. The summed E-state index contributed by atoms with van der Waals surface area (Å²) in [5.41, 5.74) is 7.14. The number of nitrogen functional groups attached to an aromatic ring is 1. The first-order valence-electron chi connectivity index (χ1n) is 4.32. The number of rotatable bonds is 2. The monoisotopic (exact) mass is 193 g/mol. The highest BCUT2D eigenvalue weighted by atomic mass is 16.5. The minimum absolute atomic E-state index is 0.144. The van der Waals surface area contributed by atoms with Crippen LogP contribution in [-0.2, 0) is 13.5 Å². The van der Waals surface area contributed by atoms with Crippen molar-refractivity contribution in [3.8, 4) is 11.5 Å². The number of nitrogens with two attached hydrogens (primary N) is 1. The Balaban J connectivity index is 2.49. The van der Waals surface area contributed by atoms with E-state index in [1.165, 1.54) is 0 Å². The molecule has 2 aromatic rings. The Bertz CT molecular complexity index is 444. The van der Waals surface area contributed by atoms with Gasteiger partial charge in [0.05, 0.1) is 11.3 Å². The molecule has 74 valence electrons. The zero-order valence-corrected chi connectivity index (χ0v) is 8.06. The molecular formula is C8H11N5O. The van der Waals surface area contributed by atoms with E-state index in [4.69, 9.17) is 10.3 Å². The van der Waals surface area contributed by atoms with Crippen LogP contribution >= 0.6 is 0 Å². The molecule has 14 heavy (non-hydrogen) atoms. The van der Waals surface area contributed by atoms with Crippen LogP contribution in [0.4, 0.5) is 5.95 Å². The Morgan fingerprint density at radius 1 is 1.57 bits per heavy atom. The molecule has 0 saturated carbocycles. The highest BCUT2D eigenvalue weighted by molar-refractivity contribution is 5.56. The van der Waals surface area contributed by atoms with Crippen LogP contribution < -0.4 is 5.73 Å². The van der Waals surface area contributed by atoms with Gasteiger partial charge in [-0.15, -0.1) is 0 Å². The summed E-state index contributed by atoms with van der Waals surface area (Å²) in [5, 5.41) is 7.80. The van der Waals surface area contributed by atoms with E-state index in [1.54, 1.807) is 4.68 Å². The molecule has 2 rings (SSSR count). The molecule has 0 atom stereocenters. The van der Waals surface area contributed by atoms with Crippen LogP contribution in [0.15, 0.2) is 10.7 Å². The molecule has 6 heteroatoms. The Labute approximate surface area is 80.7 Å². The van der Waals surface area contributed by atoms with Crippen molar-refractivity contribution < 1.29 is 4.52 Å². The summed E-state index contributed by atoms with van der Waals surface area (Å²) in [6, 6.07) is 0. The van der Waals surface area contributed by atoms with E-state index in [1.807, 2.05) is 20.2 Å². The second-order valence-corrected chi connectivity index (χ2v) is 2.97. The van der Waals surface area contributed by atoms with Crippen LogP contribution in [0.5, 0.6) is 0 Å². The molecule has 0 spiro atoms. The molecule has 0 fully saturated rings. The summed E-state index contributed by atoms with van der Waals surface area (Å²) in [6.07, 6.45) is 2.66. The average Bonchev–Trinajstić information content (AvgIpc) is 2.71. The first-order valence-corrected chi connectivity index (χ1v) is 4.32. The Morgan fingerprint density at radius 2 is 2.36 bits per heavy atom. The lowest BCUT2D eigenvalue weighted by atomic mass is 10.2. The summed E-state index contributed by atoms with van der Waals surface area (Å²) in [7, 11) is 1.85. The van der Waals surface area contributed by atoms with Gasteiger partial charge >= 0.3 is 0 Å². The summed E-state index contributed by atoms with van der Waals surface area (Å²) >= 11 is 0. The third-order valence-electron chi connectivity index (χ3n) is 1.91. The molecule has 0 bridgehead atoms. The molecule has 0 aliphatic carbocycles. The maximum Gasteiger partial charge on any atom is 0.262 e. The van der Waals surface area contributed by atoms with Gasteiger partial charge < -0.3 is 10.3 Å². The van der Waals surface area contributed by atoms with Crippen LogP contribution in [0, 0.1) is 0 Å². The normalized spacial score (nSPS) is 10.7. The molecular weight excluding hydrogens is 182 g/mol. The highest BCUT2D eigenvalue weighted by Gasteiger charge is 2.14. The maximum atomic E-state index is 5.37. The van der Waals surface area contributed by atoms with Crippen molar-refractivity contribution >= 4 is 5.95 Å². The molecule has 0 amide bonds. The Hall–Kier alpha value is -1.85. The van der Waals surface area contributed by atoms with Gasteiger partial charge in [0.15, 0.2) is 0 Å². The van der Waals surface area contributed by atoms with Crippen LogP contribution in [-0.4, -0.2) is 19.9 Å². The molecule has 0 aromatic carbocycles. The predicted octanol–water partition coefficient (Wildman–Crippen LogP) is 0.615. The number of nitrogens with zero attached hydrogens (tertiary/aromatic N) is 4. The number of aryl methyl sites for hydroxylation is 2. The molecule has 0 unspecified atom stereocenters. The number of hydrogen-bond acceptors (Lipinski definition) is 5. The van der Waals surface area contributed by atoms with Crippen LogP contribution in [0.2, 0.25) is 0 Å². The molecule has 0 aliphatic rings. The van der Waals surface area contributed by atoms with Crippen molar-refractivity contribution in [3.05, 3.63) is 11.9 Å².